The number of rotatable bonds is 10. The van der Waals surface area contributed by atoms with Gasteiger partial charge in [-0.1, -0.05) is 13.8 Å². The highest BCUT2D eigenvalue weighted by Crippen LogP contribution is 2.18. The van der Waals surface area contributed by atoms with Crippen molar-refractivity contribution < 1.29 is 14.4 Å². The molecule has 6 heteroatoms. The summed E-state index contributed by atoms with van der Waals surface area (Å²) in [5, 5.41) is 8.48. The first kappa shape index (κ1) is 18.3. The summed E-state index contributed by atoms with van der Waals surface area (Å²) >= 11 is 0. The van der Waals surface area contributed by atoms with Crippen LogP contribution in [0.15, 0.2) is 11.4 Å². The second kappa shape index (κ2) is 9.25. The molecular formula is C14H25N3O3. The van der Waals surface area contributed by atoms with Gasteiger partial charge in [0.15, 0.2) is 6.29 Å². The molecule has 0 aromatic rings. The lowest BCUT2D eigenvalue weighted by atomic mass is 9.89. The lowest BCUT2D eigenvalue weighted by Gasteiger charge is -2.23. The van der Waals surface area contributed by atoms with Gasteiger partial charge in [-0.3, -0.25) is 9.59 Å². The highest BCUT2D eigenvalue weighted by molar-refractivity contribution is 5.86. The zero-order chi connectivity index (χ0) is 15.6. The van der Waals surface area contributed by atoms with Gasteiger partial charge in [0.25, 0.3) is 0 Å². The standard InChI is InChI=1S/C14H25N3O3/c1-14(2,10-15-3)8-13(20)17-12(9-19)11(16-4)6-5-7-18/h7,9,15-16H,5-6,8,10H2,1-4H3,(H,17,20)/b12-11+. The lowest BCUT2D eigenvalue weighted by molar-refractivity contribution is -0.123. The third-order valence-electron chi connectivity index (χ3n) is 2.83. The van der Waals surface area contributed by atoms with Gasteiger partial charge in [0.1, 0.15) is 12.0 Å². The van der Waals surface area contributed by atoms with Crippen molar-refractivity contribution in [2.45, 2.75) is 33.1 Å². The van der Waals surface area contributed by atoms with Crippen LogP contribution in [0.5, 0.6) is 0 Å². The van der Waals surface area contributed by atoms with E-state index in [1.807, 2.05) is 20.9 Å². The predicted molar refractivity (Wildman–Crippen MR) is 77.9 cm³/mol. The Bertz CT molecular complexity index is 376. The van der Waals surface area contributed by atoms with Gasteiger partial charge >= 0.3 is 0 Å². The second-order valence-electron chi connectivity index (χ2n) is 5.38. The Hall–Kier alpha value is -1.69. The van der Waals surface area contributed by atoms with Crippen LogP contribution in [0.25, 0.3) is 0 Å². The van der Waals surface area contributed by atoms with E-state index in [1.165, 1.54) is 0 Å². The molecule has 0 spiro atoms. The van der Waals surface area contributed by atoms with Crippen LogP contribution in [0.2, 0.25) is 0 Å². The van der Waals surface area contributed by atoms with Crippen molar-refractivity contribution in [3.8, 4) is 0 Å². The molecule has 0 unspecified atom stereocenters. The van der Waals surface area contributed by atoms with E-state index in [4.69, 9.17) is 0 Å². The average Bonchev–Trinajstić information content (AvgIpc) is 2.37. The van der Waals surface area contributed by atoms with Crippen molar-refractivity contribution in [3.63, 3.8) is 0 Å². The highest BCUT2D eigenvalue weighted by Gasteiger charge is 2.22. The largest absolute Gasteiger partial charge is 0.390 e. The molecule has 0 aliphatic carbocycles. The van der Waals surface area contributed by atoms with Crippen molar-refractivity contribution in [2.24, 2.45) is 5.41 Å². The predicted octanol–water partition coefficient (Wildman–Crippen LogP) is 0.347. The number of hydrogen-bond acceptors (Lipinski definition) is 5. The van der Waals surface area contributed by atoms with E-state index in [-0.39, 0.29) is 17.0 Å². The minimum absolute atomic E-state index is 0.194. The Balaban J connectivity index is 4.77. The van der Waals surface area contributed by atoms with Crippen LogP contribution < -0.4 is 16.0 Å². The Labute approximate surface area is 120 Å². The molecule has 0 aliphatic rings. The van der Waals surface area contributed by atoms with Gasteiger partial charge < -0.3 is 20.7 Å². The van der Waals surface area contributed by atoms with Gasteiger partial charge in [-0.2, -0.15) is 0 Å². The number of carbonyl (C=O) groups is 3. The van der Waals surface area contributed by atoms with Gasteiger partial charge in [0, 0.05) is 32.1 Å². The van der Waals surface area contributed by atoms with E-state index in [2.05, 4.69) is 16.0 Å². The lowest BCUT2D eigenvalue weighted by Crippen LogP contribution is -2.35. The molecule has 1 amide bonds. The fourth-order valence-electron chi connectivity index (χ4n) is 1.94. The smallest absolute Gasteiger partial charge is 0.225 e. The van der Waals surface area contributed by atoms with Gasteiger partial charge in [-0.15, -0.1) is 0 Å². The highest BCUT2D eigenvalue weighted by atomic mass is 16.2. The number of carbonyl (C=O) groups excluding carboxylic acids is 3. The Morgan fingerprint density at radius 3 is 2.30 bits per heavy atom. The second-order valence-corrected chi connectivity index (χ2v) is 5.38. The molecule has 0 saturated carbocycles. The summed E-state index contributed by atoms with van der Waals surface area (Å²) in [6.07, 6.45) is 2.37. The molecular weight excluding hydrogens is 258 g/mol. The van der Waals surface area contributed by atoms with Crippen LogP contribution in [0, 0.1) is 5.41 Å². The number of amides is 1. The molecule has 0 aromatic heterocycles. The Morgan fingerprint density at radius 2 is 1.85 bits per heavy atom. The summed E-state index contributed by atoms with van der Waals surface area (Å²) in [6.45, 7) is 4.64. The summed E-state index contributed by atoms with van der Waals surface area (Å²) in [7, 11) is 3.48. The Morgan fingerprint density at radius 1 is 1.20 bits per heavy atom. The summed E-state index contributed by atoms with van der Waals surface area (Å²) in [4.78, 5) is 33.4. The Kier molecular flexibility index (Phi) is 8.47. The van der Waals surface area contributed by atoms with E-state index < -0.39 is 0 Å². The average molecular weight is 283 g/mol. The summed E-state index contributed by atoms with van der Waals surface area (Å²) in [6, 6.07) is 0. The van der Waals surface area contributed by atoms with Crippen molar-refractivity contribution in [3.05, 3.63) is 11.4 Å². The van der Waals surface area contributed by atoms with E-state index >= 15 is 0 Å². The number of allylic oxidation sites excluding steroid dienone is 2. The zero-order valence-corrected chi connectivity index (χ0v) is 12.7. The molecule has 0 heterocycles. The van der Waals surface area contributed by atoms with Crippen LogP contribution in [0.3, 0.4) is 0 Å². The minimum Gasteiger partial charge on any atom is -0.390 e. The van der Waals surface area contributed by atoms with E-state index in [9.17, 15) is 14.4 Å². The normalized spacial score (nSPS) is 12.4. The molecule has 0 fully saturated rings. The van der Waals surface area contributed by atoms with E-state index in [0.717, 1.165) is 6.29 Å². The van der Waals surface area contributed by atoms with Gasteiger partial charge in [0.05, 0.1) is 0 Å². The summed E-state index contributed by atoms with van der Waals surface area (Å²) < 4.78 is 0. The van der Waals surface area contributed by atoms with Crippen molar-refractivity contribution in [2.75, 3.05) is 20.6 Å². The zero-order valence-electron chi connectivity index (χ0n) is 12.7. The fraction of sp³-hybridized carbons (Fsp3) is 0.643. The topological polar surface area (TPSA) is 87.3 Å². The molecule has 0 atom stereocenters. The SMILES string of the molecule is CNCC(C)(C)CC(=O)N/C(C=O)=C(\CCC=O)NC. The number of nitrogens with one attached hydrogen (secondary N) is 3. The molecule has 114 valence electrons. The first-order valence-corrected chi connectivity index (χ1v) is 6.64. The third kappa shape index (κ3) is 7.04. The quantitative estimate of drug-likeness (QED) is 0.398. The molecule has 0 bridgehead atoms. The minimum atomic E-state index is -0.216. The monoisotopic (exact) mass is 283 g/mol. The first-order chi connectivity index (χ1) is 9.40. The molecule has 3 N–H and O–H groups in total. The van der Waals surface area contributed by atoms with Gasteiger partial charge in [0.2, 0.25) is 5.91 Å². The van der Waals surface area contributed by atoms with Crippen molar-refractivity contribution >= 4 is 18.5 Å². The summed E-state index contributed by atoms with van der Waals surface area (Å²) in [5.74, 6) is -0.216. The van der Waals surface area contributed by atoms with Crippen molar-refractivity contribution in [1.82, 2.24) is 16.0 Å². The molecule has 6 nitrogen and oxygen atoms in total. The fourth-order valence-corrected chi connectivity index (χ4v) is 1.94. The van der Waals surface area contributed by atoms with Gasteiger partial charge in [-0.25, -0.2) is 0 Å². The van der Waals surface area contributed by atoms with Crippen LogP contribution in [0.4, 0.5) is 0 Å². The first-order valence-electron chi connectivity index (χ1n) is 6.64. The van der Waals surface area contributed by atoms with Crippen LogP contribution in [-0.2, 0) is 14.4 Å². The maximum Gasteiger partial charge on any atom is 0.225 e. The third-order valence-corrected chi connectivity index (χ3v) is 2.83. The number of aldehydes is 2. The maximum atomic E-state index is 12.0. The molecule has 0 aliphatic heterocycles. The molecule has 0 saturated heterocycles. The molecule has 0 radical (unpaired) electrons. The van der Waals surface area contributed by atoms with Crippen LogP contribution in [-0.4, -0.2) is 39.1 Å². The van der Waals surface area contributed by atoms with E-state index in [1.54, 1.807) is 7.05 Å². The molecule has 0 aromatic carbocycles. The summed E-state index contributed by atoms with van der Waals surface area (Å²) in [5.41, 5.74) is 0.557. The molecule has 20 heavy (non-hydrogen) atoms. The maximum absolute atomic E-state index is 12.0. The molecule has 0 rings (SSSR count). The van der Waals surface area contributed by atoms with Gasteiger partial charge in [-0.05, 0) is 18.9 Å². The number of hydrogen-bond donors (Lipinski definition) is 3. The van der Waals surface area contributed by atoms with Crippen LogP contribution in [0.1, 0.15) is 33.1 Å². The van der Waals surface area contributed by atoms with E-state index in [0.29, 0.717) is 37.8 Å². The van der Waals surface area contributed by atoms with Crippen molar-refractivity contribution in [1.29, 1.82) is 0 Å². The van der Waals surface area contributed by atoms with Crippen LogP contribution >= 0.6 is 0 Å².